The molecule has 0 spiro atoms. The molecule has 4 nitrogen and oxygen atoms in total. The molecule has 1 aliphatic rings. The van der Waals surface area contributed by atoms with Gasteiger partial charge in [0.1, 0.15) is 5.82 Å². The molecule has 3 rings (SSSR count). The summed E-state index contributed by atoms with van der Waals surface area (Å²) in [5.74, 6) is -0.238. The number of pyridine rings is 1. The summed E-state index contributed by atoms with van der Waals surface area (Å²) in [6.45, 7) is 0.210. The van der Waals surface area contributed by atoms with Gasteiger partial charge in [0.15, 0.2) is 0 Å². The molecule has 1 aromatic carbocycles. The van der Waals surface area contributed by atoms with Gasteiger partial charge in [0, 0.05) is 24.4 Å². The Morgan fingerprint density at radius 2 is 2.04 bits per heavy atom. The molecule has 0 saturated heterocycles. The molecule has 132 valence electrons. The zero-order chi connectivity index (χ0) is 17.8. The molecular weight excluding hydrogens is 343 g/mol. The molecule has 6 heteroatoms. The molecule has 0 bridgehead atoms. The van der Waals surface area contributed by atoms with Crippen LogP contribution in [-0.2, 0) is 0 Å². The topological polar surface area (TPSA) is 62.2 Å². The van der Waals surface area contributed by atoms with E-state index in [2.05, 4.69) is 10.3 Å². The summed E-state index contributed by atoms with van der Waals surface area (Å²) >= 11 is 6.25. The van der Waals surface area contributed by atoms with E-state index in [4.69, 9.17) is 11.6 Å². The molecule has 2 aromatic rings. The van der Waals surface area contributed by atoms with Crippen LogP contribution in [0, 0.1) is 11.7 Å². The minimum atomic E-state index is -0.365. The number of benzene rings is 1. The molecule has 0 unspecified atom stereocenters. The molecule has 1 amide bonds. The van der Waals surface area contributed by atoms with Crippen molar-refractivity contribution in [1.29, 1.82) is 0 Å². The van der Waals surface area contributed by atoms with Gasteiger partial charge in [-0.3, -0.25) is 9.78 Å². The molecule has 25 heavy (non-hydrogen) atoms. The molecule has 0 aliphatic heterocycles. The maximum absolute atomic E-state index is 13.4. The third-order valence-electron chi connectivity index (χ3n) is 4.64. The second-order valence-corrected chi connectivity index (χ2v) is 6.85. The molecule has 1 heterocycles. The van der Waals surface area contributed by atoms with Crippen molar-refractivity contribution >= 4 is 17.5 Å². The number of carbonyl (C=O) groups excluding carboxylic acids is 1. The first-order valence-electron chi connectivity index (χ1n) is 8.40. The summed E-state index contributed by atoms with van der Waals surface area (Å²) in [6.07, 6.45) is 5.01. The lowest BCUT2D eigenvalue weighted by molar-refractivity contribution is 0.0913. The molecular formula is C19H20ClFN2O2. The standard InChI is InChI=1S/C19H20ClFN2O2/c20-17-9-14(10-22-18(17)13-2-1-3-15(21)8-13)19(25)23-16-6-4-12(11-24)5-7-16/h1-3,8-10,12,16,24H,4-7,11H2,(H,23,25)/t12-,16-. The van der Waals surface area contributed by atoms with Crippen molar-refractivity contribution in [3.63, 3.8) is 0 Å². The molecule has 0 atom stereocenters. The van der Waals surface area contributed by atoms with Crippen molar-refractivity contribution in [2.75, 3.05) is 6.61 Å². The minimum Gasteiger partial charge on any atom is -0.396 e. The van der Waals surface area contributed by atoms with E-state index in [1.54, 1.807) is 18.2 Å². The van der Waals surface area contributed by atoms with Crippen LogP contribution in [0.4, 0.5) is 4.39 Å². The third-order valence-corrected chi connectivity index (χ3v) is 4.93. The van der Waals surface area contributed by atoms with E-state index in [-0.39, 0.29) is 24.4 Å². The number of amides is 1. The van der Waals surface area contributed by atoms with Crippen molar-refractivity contribution < 1.29 is 14.3 Å². The van der Waals surface area contributed by atoms with Crippen LogP contribution >= 0.6 is 11.6 Å². The summed E-state index contributed by atoms with van der Waals surface area (Å²) < 4.78 is 13.4. The van der Waals surface area contributed by atoms with E-state index in [0.717, 1.165) is 25.7 Å². The van der Waals surface area contributed by atoms with Crippen molar-refractivity contribution in [3.05, 3.63) is 52.9 Å². The third kappa shape index (κ3) is 4.35. The number of aromatic nitrogens is 1. The zero-order valence-electron chi connectivity index (χ0n) is 13.7. The number of rotatable bonds is 4. The predicted octanol–water partition coefficient (Wildman–Crippen LogP) is 3.82. The monoisotopic (exact) mass is 362 g/mol. The van der Waals surface area contributed by atoms with E-state index in [1.165, 1.54) is 18.3 Å². The first-order valence-corrected chi connectivity index (χ1v) is 8.78. The van der Waals surface area contributed by atoms with E-state index in [0.29, 0.717) is 27.8 Å². The Bertz CT molecular complexity index is 761. The fourth-order valence-electron chi connectivity index (χ4n) is 3.17. The average Bonchev–Trinajstić information content (AvgIpc) is 2.62. The number of hydrogen-bond acceptors (Lipinski definition) is 3. The van der Waals surface area contributed by atoms with E-state index >= 15 is 0 Å². The second-order valence-electron chi connectivity index (χ2n) is 6.44. The lowest BCUT2D eigenvalue weighted by Gasteiger charge is -2.27. The number of nitrogens with one attached hydrogen (secondary N) is 1. The first-order chi connectivity index (χ1) is 12.1. The summed E-state index contributed by atoms with van der Waals surface area (Å²) in [5, 5.41) is 12.5. The Morgan fingerprint density at radius 1 is 1.28 bits per heavy atom. The summed E-state index contributed by atoms with van der Waals surface area (Å²) in [6, 6.07) is 7.68. The van der Waals surface area contributed by atoms with Crippen molar-refractivity contribution in [2.24, 2.45) is 5.92 Å². The summed E-state index contributed by atoms with van der Waals surface area (Å²) in [7, 11) is 0. The molecule has 2 N–H and O–H groups in total. The van der Waals surface area contributed by atoms with Crippen LogP contribution in [0.25, 0.3) is 11.3 Å². The summed E-state index contributed by atoms with van der Waals surface area (Å²) in [4.78, 5) is 16.6. The molecule has 1 saturated carbocycles. The molecule has 0 radical (unpaired) electrons. The Morgan fingerprint density at radius 3 is 2.68 bits per heavy atom. The SMILES string of the molecule is O=C(N[C@H]1CC[C@H](CO)CC1)c1cnc(-c2cccc(F)c2)c(Cl)c1. The smallest absolute Gasteiger partial charge is 0.253 e. The van der Waals surface area contributed by atoms with Crippen molar-refractivity contribution in [2.45, 2.75) is 31.7 Å². The van der Waals surface area contributed by atoms with Gasteiger partial charge in [-0.15, -0.1) is 0 Å². The highest BCUT2D eigenvalue weighted by molar-refractivity contribution is 6.33. The minimum absolute atomic E-state index is 0.108. The highest BCUT2D eigenvalue weighted by Crippen LogP contribution is 2.27. The normalized spacial score (nSPS) is 20.3. The molecule has 1 fully saturated rings. The van der Waals surface area contributed by atoms with Gasteiger partial charge in [0.2, 0.25) is 0 Å². The largest absolute Gasteiger partial charge is 0.396 e. The van der Waals surface area contributed by atoms with Gasteiger partial charge in [-0.2, -0.15) is 0 Å². The van der Waals surface area contributed by atoms with Gasteiger partial charge < -0.3 is 10.4 Å². The predicted molar refractivity (Wildman–Crippen MR) is 94.9 cm³/mol. The lowest BCUT2D eigenvalue weighted by atomic mass is 9.86. The Hall–Kier alpha value is -1.98. The van der Waals surface area contributed by atoms with Crippen LogP contribution in [0.2, 0.25) is 5.02 Å². The molecule has 1 aliphatic carbocycles. The average molecular weight is 363 g/mol. The van der Waals surface area contributed by atoms with Gasteiger partial charge in [0.25, 0.3) is 5.91 Å². The van der Waals surface area contributed by atoms with Gasteiger partial charge >= 0.3 is 0 Å². The molecule has 1 aromatic heterocycles. The fraction of sp³-hybridized carbons (Fsp3) is 0.368. The Labute approximate surface area is 151 Å². The highest BCUT2D eigenvalue weighted by Gasteiger charge is 2.22. The van der Waals surface area contributed by atoms with Gasteiger partial charge in [-0.1, -0.05) is 23.7 Å². The maximum Gasteiger partial charge on any atom is 0.253 e. The lowest BCUT2D eigenvalue weighted by Crippen LogP contribution is -2.38. The van der Waals surface area contributed by atoms with Crippen molar-refractivity contribution in [3.8, 4) is 11.3 Å². The quantitative estimate of drug-likeness (QED) is 0.869. The number of aliphatic hydroxyl groups is 1. The Balaban J connectivity index is 1.69. The number of hydrogen-bond donors (Lipinski definition) is 2. The van der Waals surface area contributed by atoms with Gasteiger partial charge in [-0.25, -0.2) is 4.39 Å². The van der Waals surface area contributed by atoms with Crippen LogP contribution < -0.4 is 5.32 Å². The fourth-order valence-corrected chi connectivity index (χ4v) is 3.44. The zero-order valence-corrected chi connectivity index (χ0v) is 14.5. The van der Waals surface area contributed by atoms with Crippen LogP contribution in [-0.4, -0.2) is 28.6 Å². The van der Waals surface area contributed by atoms with E-state index in [1.807, 2.05) is 0 Å². The highest BCUT2D eigenvalue weighted by atomic mass is 35.5. The maximum atomic E-state index is 13.4. The first kappa shape index (κ1) is 17.8. The van der Waals surface area contributed by atoms with E-state index < -0.39 is 0 Å². The van der Waals surface area contributed by atoms with Crippen molar-refractivity contribution in [1.82, 2.24) is 10.3 Å². The number of nitrogens with zero attached hydrogens (tertiary/aromatic N) is 1. The number of halogens is 2. The van der Waals surface area contributed by atoms with Gasteiger partial charge in [0.05, 0.1) is 16.3 Å². The number of aliphatic hydroxyl groups excluding tert-OH is 1. The van der Waals surface area contributed by atoms with Crippen LogP contribution in [0.5, 0.6) is 0 Å². The Kier molecular flexibility index (Phi) is 5.66. The van der Waals surface area contributed by atoms with Gasteiger partial charge in [-0.05, 0) is 49.8 Å². The number of carbonyl (C=O) groups is 1. The van der Waals surface area contributed by atoms with E-state index in [9.17, 15) is 14.3 Å². The second kappa shape index (κ2) is 7.93. The summed E-state index contributed by atoms with van der Waals surface area (Å²) in [5.41, 5.74) is 1.40. The van der Waals surface area contributed by atoms with Crippen LogP contribution in [0.3, 0.4) is 0 Å². The van der Waals surface area contributed by atoms with Crippen LogP contribution in [0.15, 0.2) is 36.5 Å². The van der Waals surface area contributed by atoms with Crippen LogP contribution in [0.1, 0.15) is 36.0 Å².